The van der Waals surface area contributed by atoms with Crippen LogP contribution in [0.2, 0.25) is 5.02 Å². The van der Waals surface area contributed by atoms with Gasteiger partial charge in [-0.3, -0.25) is 4.79 Å². The van der Waals surface area contributed by atoms with Crippen LogP contribution in [0, 0.1) is 21.0 Å². The van der Waals surface area contributed by atoms with Gasteiger partial charge in [0.25, 0.3) is 5.91 Å². The number of phenolic OH excluding ortho intramolecular Hbond substituents is 1. The maximum atomic E-state index is 13.6. The molecule has 0 aliphatic carbocycles. The molecule has 3 nitrogen and oxygen atoms in total. The molecule has 0 saturated heterocycles. The number of aromatic hydroxyl groups is 1. The SMILES string of the molecule is O=C(Nc1ccc(Cl)cc1I)c1cc(F)c(F)c(O)c1F. The quantitative estimate of drug-likeness (QED) is 0.554. The molecule has 2 aromatic rings. The fourth-order valence-corrected chi connectivity index (χ4v) is 2.54. The monoisotopic (exact) mass is 427 g/mol. The van der Waals surface area contributed by atoms with E-state index in [1.165, 1.54) is 12.1 Å². The van der Waals surface area contributed by atoms with Crippen molar-refractivity contribution in [3.05, 3.63) is 55.9 Å². The standard InChI is InChI=1S/C13H6ClF3INO2/c14-5-1-2-9(8(18)3-5)19-13(21)6-4-7(15)11(17)12(20)10(6)16/h1-4,20H,(H,19,21). The molecular formula is C13H6ClF3INO2. The minimum absolute atomic E-state index is 0.314. The molecular weight excluding hydrogens is 421 g/mol. The molecule has 0 fully saturated rings. The van der Waals surface area contributed by atoms with Gasteiger partial charge in [0, 0.05) is 8.59 Å². The van der Waals surface area contributed by atoms with E-state index in [-0.39, 0.29) is 0 Å². The summed E-state index contributed by atoms with van der Waals surface area (Å²) in [6, 6.07) is 4.90. The second-order valence-electron chi connectivity index (χ2n) is 3.96. The fraction of sp³-hybridized carbons (Fsp3) is 0. The highest BCUT2D eigenvalue weighted by Crippen LogP contribution is 2.27. The number of nitrogens with one attached hydrogen (secondary N) is 1. The van der Waals surface area contributed by atoms with Crippen molar-refractivity contribution < 1.29 is 23.1 Å². The smallest absolute Gasteiger partial charge is 0.258 e. The number of carbonyl (C=O) groups excluding carboxylic acids is 1. The topological polar surface area (TPSA) is 49.3 Å². The van der Waals surface area contributed by atoms with Crippen molar-refractivity contribution in [3.63, 3.8) is 0 Å². The number of hydrogen-bond acceptors (Lipinski definition) is 2. The molecule has 0 unspecified atom stereocenters. The molecule has 2 aromatic carbocycles. The Labute approximate surface area is 135 Å². The van der Waals surface area contributed by atoms with Gasteiger partial charge < -0.3 is 10.4 Å². The molecule has 1 amide bonds. The maximum Gasteiger partial charge on any atom is 0.258 e. The largest absolute Gasteiger partial charge is 0.503 e. The summed E-state index contributed by atoms with van der Waals surface area (Å²) in [7, 11) is 0. The number of carbonyl (C=O) groups is 1. The Kier molecular flexibility index (Phi) is 4.62. The third kappa shape index (κ3) is 3.24. The molecule has 2 N–H and O–H groups in total. The highest BCUT2D eigenvalue weighted by molar-refractivity contribution is 14.1. The highest BCUT2D eigenvalue weighted by atomic mass is 127. The summed E-state index contributed by atoms with van der Waals surface area (Å²) in [6.07, 6.45) is 0. The average Bonchev–Trinajstić information content (AvgIpc) is 2.43. The van der Waals surface area contributed by atoms with E-state index in [1.54, 1.807) is 6.07 Å². The van der Waals surface area contributed by atoms with E-state index in [1.807, 2.05) is 22.6 Å². The highest BCUT2D eigenvalue weighted by Gasteiger charge is 2.22. The van der Waals surface area contributed by atoms with E-state index >= 15 is 0 Å². The van der Waals surface area contributed by atoms with Crippen LogP contribution in [0.15, 0.2) is 24.3 Å². The Balaban J connectivity index is 2.37. The van der Waals surface area contributed by atoms with Crippen molar-refractivity contribution in [2.24, 2.45) is 0 Å². The number of amides is 1. The van der Waals surface area contributed by atoms with Gasteiger partial charge in [0.15, 0.2) is 17.4 Å². The summed E-state index contributed by atoms with van der Waals surface area (Å²) < 4.78 is 40.3. The van der Waals surface area contributed by atoms with Gasteiger partial charge in [-0.2, -0.15) is 4.39 Å². The minimum atomic E-state index is -1.75. The third-order valence-electron chi connectivity index (χ3n) is 2.56. The molecule has 8 heteroatoms. The Morgan fingerprint density at radius 1 is 1.19 bits per heavy atom. The molecule has 110 valence electrons. The van der Waals surface area contributed by atoms with Gasteiger partial charge in [0.05, 0.1) is 11.3 Å². The maximum absolute atomic E-state index is 13.6. The Bertz CT molecular complexity index is 740. The van der Waals surface area contributed by atoms with Crippen LogP contribution in [0.3, 0.4) is 0 Å². The fourth-order valence-electron chi connectivity index (χ4n) is 1.54. The minimum Gasteiger partial charge on any atom is -0.503 e. The lowest BCUT2D eigenvalue weighted by Crippen LogP contribution is -2.15. The molecule has 2 rings (SSSR count). The number of phenols is 1. The first-order valence-corrected chi connectivity index (χ1v) is 6.89. The van der Waals surface area contributed by atoms with Crippen LogP contribution in [0.4, 0.5) is 18.9 Å². The summed E-state index contributed by atoms with van der Waals surface area (Å²) in [4.78, 5) is 11.9. The van der Waals surface area contributed by atoms with Crippen molar-refractivity contribution in [1.82, 2.24) is 0 Å². The van der Waals surface area contributed by atoms with Gasteiger partial charge in [-0.25, -0.2) is 8.78 Å². The molecule has 0 atom stereocenters. The molecule has 0 heterocycles. The predicted molar refractivity (Wildman–Crippen MR) is 80.1 cm³/mol. The number of hydrogen-bond donors (Lipinski definition) is 2. The molecule has 0 aromatic heterocycles. The van der Waals surface area contributed by atoms with E-state index in [2.05, 4.69) is 5.32 Å². The van der Waals surface area contributed by atoms with Gasteiger partial charge in [0.1, 0.15) is 0 Å². The Hall–Kier alpha value is -1.48. The summed E-state index contributed by atoms with van der Waals surface area (Å²) in [5.41, 5.74) is -0.495. The number of anilines is 1. The van der Waals surface area contributed by atoms with Gasteiger partial charge >= 0.3 is 0 Å². The van der Waals surface area contributed by atoms with Crippen LogP contribution in [0.25, 0.3) is 0 Å². The van der Waals surface area contributed by atoms with E-state index in [4.69, 9.17) is 16.7 Å². The summed E-state index contributed by atoms with van der Waals surface area (Å²) >= 11 is 7.64. The summed E-state index contributed by atoms with van der Waals surface area (Å²) in [5.74, 6) is -7.36. The Morgan fingerprint density at radius 2 is 1.86 bits per heavy atom. The first-order valence-electron chi connectivity index (χ1n) is 5.44. The lowest BCUT2D eigenvalue weighted by molar-refractivity contribution is 0.102. The normalized spacial score (nSPS) is 10.5. The molecule has 0 aliphatic heterocycles. The van der Waals surface area contributed by atoms with Crippen LogP contribution in [-0.2, 0) is 0 Å². The van der Waals surface area contributed by atoms with Crippen molar-refractivity contribution in [3.8, 4) is 5.75 Å². The molecule has 21 heavy (non-hydrogen) atoms. The zero-order valence-corrected chi connectivity index (χ0v) is 13.0. The van der Waals surface area contributed by atoms with Crippen LogP contribution in [-0.4, -0.2) is 11.0 Å². The summed E-state index contributed by atoms with van der Waals surface area (Å²) in [5, 5.41) is 11.8. The molecule has 0 radical (unpaired) electrons. The second-order valence-corrected chi connectivity index (χ2v) is 5.56. The number of rotatable bonds is 2. The Morgan fingerprint density at radius 3 is 2.48 bits per heavy atom. The zero-order valence-electron chi connectivity index (χ0n) is 10.1. The van der Waals surface area contributed by atoms with Crippen molar-refractivity contribution in [1.29, 1.82) is 0 Å². The molecule has 0 aliphatic rings. The first-order chi connectivity index (χ1) is 9.81. The predicted octanol–water partition coefficient (Wildman–Crippen LogP) is 4.32. The average molecular weight is 428 g/mol. The first kappa shape index (κ1) is 15.9. The van der Waals surface area contributed by atoms with Gasteiger partial charge in [-0.05, 0) is 46.9 Å². The lowest BCUT2D eigenvalue weighted by Gasteiger charge is -2.09. The molecule has 0 bridgehead atoms. The van der Waals surface area contributed by atoms with Crippen molar-refractivity contribution in [2.75, 3.05) is 5.32 Å². The van der Waals surface area contributed by atoms with Crippen molar-refractivity contribution >= 4 is 45.8 Å². The van der Waals surface area contributed by atoms with E-state index in [0.29, 0.717) is 20.3 Å². The summed E-state index contributed by atoms with van der Waals surface area (Å²) in [6.45, 7) is 0. The molecule has 0 spiro atoms. The van der Waals surface area contributed by atoms with Gasteiger partial charge in [-0.15, -0.1) is 0 Å². The van der Waals surface area contributed by atoms with Crippen molar-refractivity contribution in [2.45, 2.75) is 0 Å². The van der Waals surface area contributed by atoms with Crippen LogP contribution < -0.4 is 5.32 Å². The third-order valence-corrected chi connectivity index (χ3v) is 3.68. The zero-order chi connectivity index (χ0) is 15.7. The van der Waals surface area contributed by atoms with Gasteiger partial charge in [-0.1, -0.05) is 11.6 Å². The van der Waals surface area contributed by atoms with E-state index in [9.17, 15) is 18.0 Å². The van der Waals surface area contributed by atoms with Crippen LogP contribution >= 0.6 is 34.2 Å². The second kappa shape index (κ2) is 6.10. The van der Waals surface area contributed by atoms with E-state index in [0.717, 1.165) is 0 Å². The van der Waals surface area contributed by atoms with Crippen LogP contribution in [0.5, 0.6) is 5.75 Å². The van der Waals surface area contributed by atoms with E-state index < -0.39 is 34.7 Å². The number of halogens is 5. The lowest BCUT2D eigenvalue weighted by atomic mass is 10.1. The van der Waals surface area contributed by atoms with Gasteiger partial charge in [0.2, 0.25) is 5.82 Å². The molecule has 0 saturated carbocycles. The number of benzene rings is 2. The van der Waals surface area contributed by atoms with Crippen LogP contribution in [0.1, 0.15) is 10.4 Å².